The number of nitrogens with one attached hydrogen (secondary N) is 1. The number of aryl methyl sites for hydroxylation is 2. The summed E-state index contributed by atoms with van der Waals surface area (Å²) in [4.78, 5) is 14.5. The monoisotopic (exact) mass is 288 g/mol. The van der Waals surface area contributed by atoms with Gasteiger partial charge in [0, 0.05) is 6.54 Å². The highest BCUT2D eigenvalue weighted by Crippen LogP contribution is 2.11. The van der Waals surface area contributed by atoms with Gasteiger partial charge in [0.25, 0.3) is 0 Å². The van der Waals surface area contributed by atoms with Gasteiger partial charge in [-0.1, -0.05) is 30.2 Å². The smallest absolute Gasteiger partial charge is 0.224 e. The van der Waals surface area contributed by atoms with Crippen LogP contribution in [-0.2, 0) is 11.2 Å². The lowest BCUT2D eigenvalue weighted by molar-refractivity contribution is -0.120. The average Bonchev–Trinajstić information content (AvgIpc) is 2.48. The van der Waals surface area contributed by atoms with Gasteiger partial charge in [-0.05, 0) is 63.9 Å². The van der Waals surface area contributed by atoms with Crippen molar-refractivity contribution in [3.8, 4) is 0 Å². The Bertz CT molecular complexity index is 464. The summed E-state index contributed by atoms with van der Waals surface area (Å²) < 4.78 is 0. The molecule has 116 valence electrons. The molecule has 21 heavy (non-hydrogen) atoms. The van der Waals surface area contributed by atoms with E-state index in [-0.39, 0.29) is 5.91 Å². The lowest BCUT2D eigenvalue weighted by atomic mass is 10.0. The number of likely N-dealkylation sites (tertiary alicyclic amines) is 1. The molecular weight excluding hydrogens is 260 g/mol. The summed E-state index contributed by atoms with van der Waals surface area (Å²) in [6.07, 6.45) is 5.59. The quantitative estimate of drug-likeness (QED) is 0.816. The van der Waals surface area contributed by atoms with Crippen LogP contribution in [0.4, 0.5) is 0 Å². The number of carbonyl (C=O) groups is 1. The standard InChI is InChI=1S/C18H28N2O/c1-15-7-8-17(16(2)13-15)14-18(21)19-9-6-12-20-10-4-3-5-11-20/h7-8,13H,3-6,9-12,14H2,1-2H3,(H,19,21). The fourth-order valence-corrected chi connectivity index (χ4v) is 2.99. The lowest BCUT2D eigenvalue weighted by Crippen LogP contribution is -2.33. The molecule has 0 radical (unpaired) electrons. The molecule has 1 fully saturated rings. The fourth-order valence-electron chi connectivity index (χ4n) is 2.99. The molecule has 1 saturated heterocycles. The summed E-state index contributed by atoms with van der Waals surface area (Å²) >= 11 is 0. The first-order valence-electron chi connectivity index (χ1n) is 8.20. The van der Waals surface area contributed by atoms with Gasteiger partial charge < -0.3 is 10.2 Å². The van der Waals surface area contributed by atoms with Gasteiger partial charge in [-0.25, -0.2) is 0 Å². The Morgan fingerprint density at radius 2 is 1.95 bits per heavy atom. The number of piperidine rings is 1. The van der Waals surface area contributed by atoms with Crippen LogP contribution in [-0.4, -0.2) is 37.0 Å². The number of hydrogen-bond donors (Lipinski definition) is 1. The van der Waals surface area contributed by atoms with Crippen molar-refractivity contribution in [2.75, 3.05) is 26.2 Å². The van der Waals surface area contributed by atoms with Crippen LogP contribution in [0.3, 0.4) is 0 Å². The van der Waals surface area contributed by atoms with Crippen molar-refractivity contribution < 1.29 is 4.79 Å². The zero-order chi connectivity index (χ0) is 15.1. The van der Waals surface area contributed by atoms with Crippen molar-refractivity contribution in [2.24, 2.45) is 0 Å². The predicted molar refractivity (Wildman–Crippen MR) is 87.5 cm³/mol. The molecule has 0 atom stereocenters. The normalized spacial score (nSPS) is 15.9. The van der Waals surface area contributed by atoms with E-state index in [0.29, 0.717) is 6.42 Å². The number of hydrogen-bond acceptors (Lipinski definition) is 2. The van der Waals surface area contributed by atoms with E-state index in [0.717, 1.165) is 25.1 Å². The number of amides is 1. The van der Waals surface area contributed by atoms with E-state index in [1.54, 1.807) is 0 Å². The summed E-state index contributed by atoms with van der Waals surface area (Å²) in [7, 11) is 0. The van der Waals surface area contributed by atoms with E-state index < -0.39 is 0 Å². The Balaban J connectivity index is 1.65. The Kier molecular flexibility index (Phi) is 6.24. The Labute approximate surface area is 128 Å². The number of benzene rings is 1. The van der Waals surface area contributed by atoms with Crippen LogP contribution in [0.25, 0.3) is 0 Å². The maximum Gasteiger partial charge on any atom is 0.224 e. The Morgan fingerprint density at radius 1 is 1.19 bits per heavy atom. The lowest BCUT2D eigenvalue weighted by Gasteiger charge is -2.26. The number of carbonyl (C=O) groups excluding carboxylic acids is 1. The van der Waals surface area contributed by atoms with Crippen LogP contribution in [0.5, 0.6) is 0 Å². The summed E-state index contributed by atoms with van der Waals surface area (Å²) in [6.45, 7) is 8.53. The molecule has 3 heteroatoms. The van der Waals surface area contributed by atoms with Crippen LogP contribution in [0.2, 0.25) is 0 Å². The largest absolute Gasteiger partial charge is 0.356 e. The second-order valence-electron chi connectivity index (χ2n) is 6.21. The fraction of sp³-hybridized carbons (Fsp3) is 0.611. The molecule has 1 amide bonds. The van der Waals surface area contributed by atoms with Crippen molar-refractivity contribution >= 4 is 5.91 Å². The molecule has 1 aromatic carbocycles. The maximum absolute atomic E-state index is 12.0. The van der Waals surface area contributed by atoms with Crippen LogP contribution < -0.4 is 5.32 Å². The summed E-state index contributed by atoms with van der Waals surface area (Å²) in [5.41, 5.74) is 3.59. The highest BCUT2D eigenvalue weighted by atomic mass is 16.1. The zero-order valence-electron chi connectivity index (χ0n) is 13.5. The van der Waals surface area contributed by atoms with E-state index in [9.17, 15) is 4.79 Å². The minimum absolute atomic E-state index is 0.139. The van der Waals surface area contributed by atoms with Crippen molar-refractivity contribution in [1.82, 2.24) is 10.2 Å². The molecule has 1 heterocycles. The molecule has 2 rings (SSSR count). The molecule has 0 spiro atoms. The molecule has 0 bridgehead atoms. The Morgan fingerprint density at radius 3 is 2.67 bits per heavy atom. The molecule has 1 aliphatic heterocycles. The second kappa shape index (κ2) is 8.18. The van der Waals surface area contributed by atoms with E-state index in [1.165, 1.54) is 43.5 Å². The van der Waals surface area contributed by atoms with Gasteiger partial charge in [-0.3, -0.25) is 4.79 Å². The van der Waals surface area contributed by atoms with Crippen molar-refractivity contribution in [3.05, 3.63) is 34.9 Å². The van der Waals surface area contributed by atoms with Gasteiger partial charge in [0.1, 0.15) is 0 Å². The van der Waals surface area contributed by atoms with Crippen LogP contribution in [0.15, 0.2) is 18.2 Å². The topological polar surface area (TPSA) is 32.3 Å². The Hall–Kier alpha value is -1.35. The summed E-state index contributed by atoms with van der Waals surface area (Å²) in [6, 6.07) is 6.28. The molecule has 0 aliphatic carbocycles. The predicted octanol–water partition coefficient (Wildman–Crippen LogP) is 2.84. The van der Waals surface area contributed by atoms with E-state index in [1.807, 2.05) is 0 Å². The van der Waals surface area contributed by atoms with E-state index in [2.05, 4.69) is 42.3 Å². The second-order valence-corrected chi connectivity index (χ2v) is 6.21. The van der Waals surface area contributed by atoms with Crippen molar-refractivity contribution in [3.63, 3.8) is 0 Å². The third kappa shape index (κ3) is 5.50. The van der Waals surface area contributed by atoms with E-state index in [4.69, 9.17) is 0 Å². The van der Waals surface area contributed by atoms with Crippen molar-refractivity contribution in [2.45, 2.75) is 46.0 Å². The molecule has 1 aromatic rings. The minimum atomic E-state index is 0.139. The van der Waals surface area contributed by atoms with E-state index >= 15 is 0 Å². The number of rotatable bonds is 6. The first-order chi connectivity index (χ1) is 10.1. The third-order valence-electron chi connectivity index (χ3n) is 4.27. The summed E-state index contributed by atoms with van der Waals surface area (Å²) in [5.74, 6) is 0.139. The zero-order valence-corrected chi connectivity index (χ0v) is 13.5. The highest BCUT2D eigenvalue weighted by Gasteiger charge is 2.10. The molecule has 3 nitrogen and oxygen atoms in total. The van der Waals surface area contributed by atoms with Crippen LogP contribution in [0.1, 0.15) is 42.4 Å². The molecule has 1 aliphatic rings. The average molecular weight is 288 g/mol. The first-order valence-corrected chi connectivity index (χ1v) is 8.20. The van der Waals surface area contributed by atoms with Gasteiger partial charge in [0.15, 0.2) is 0 Å². The summed E-state index contributed by atoms with van der Waals surface area (Å²) in [5, 5.41) is 3.05. The SMILES string of the molecule is Cc1ccc(CC(=O)NCCCN2CCCCC2)c(C)c1. The minimum Gasteiger partial charge on any atom is -0.356 e. The molecule has 1 N–H and O–H groups in total. The highest BCUT2D eigenvalue weighted by molar-refractivity contribution is 5.78. The van der Waals surface area contributed by atoms with Crippen LogP contribution >= 0.6 is 0 Å². The third-order valence-corrected chi connectivity index (χ3v) is 4.27. The first kappa shape index (κ1) is 16.0. The molecule has 0 unspecified atom stereocenters. The van der Waals surface area contributed by atoms with Crippen LogP contribution in [0, 0.1) is 13.8 Å². The number of nitrogens with zero attached hydrogens (tertiary/aromatic N) is 1. The van der Waals surface area contributed by atoms with Gasteiger partial charge in [-0.15, -0.1) is 0 Å². The van der Waals surface area contributed by atoms with Gasteiger partial charge in [0.05, 0.1) is 6.42 Å². The maximum atomic E-state index is 12.0. The van der Waals surface area contributed by atoms with Gasteiger partial charge in [-0.2, -0.15) is 0 Å². The van der Waals surface area contributed by atoms with Crippen molar-refractivity contribution in [1.29, 1.82) is 0 Å². The van der Waals surface area contributed by atoms with Gasteiger partial charge >= 0.3 is 0 Å². The molecular formula is C18H28N2O. The molecule has 0 saturated carbocycles. The molecule has 0 aromatic heterocycles. The van der Waals surface area contributed by atoms with Gasteiger partial charge in [0.2, 0.25) is 5.91 Å².